The van der Waals surface area contributed by atoms with Crippen molar-refractivity contribution < 1.29 is 10.0 Å². The molecule has 0 radical (unpaired) electrons. The van der Waals surface area contributed by atoms with Gasteiger partial charge >= 0.3 is 6.03 Å². The highest BCUT2D eigenvalue weighted by atomic mass is 16.5. The van der Waals surface area contributed by atoms with E-state index in [1.807, 2.05) is 19.1 Å². The lowest BCUT2D eigenvalue weighted by atomic mass is 9.87. The highest BCUT2D eigenvalue weighted by molar-refractivity contribution is 5.83. The number of hydrogen-bond donors (Lipinski definition) is 2. The van der Waals surface area contributed by atoms with E-state index in [1.54, 1.807) is 0 Å². The Labute approximate surface area is 117 Å². The summed E-state index contributed by atoms with van der Waals surface area (Å²) in [4.78, 5) is 11.2. The summed E-state index contributed by atoms with van der Waals surface area (Å²) in [5.41, 5.74) is 6.15. The van der Waals surface area contributed by atoms with Crippen molar-refractivity contribution in [2.75, 3.05) is 0 Å². The molecular weight excluding hydrogens is 252 g/mol. The fraction of sp³-hybridized carbons (Fsp3) is 0.312. The molecule has 4 heteroatoms. The van der Waals surface area contributed by atoms with E-state index in [1.165, 1.54) is 10.8 Å². The number of hydroxylamine groups is 2. The van der Waals surface area contributed by atoms with Gasteiger partial charge in [-0.1, -0.05) is 42.5 Å². The standard InChI is InChI=1S/C16H18N2O2/c1-11(18(20)15(17)19)16(8-9-16)14-7-6-12-4-2-3-5-13(12)10-14/h2-7,10-11,20H,8-9H2,1H3,(H2,17,19). The molecule has 0 aromatic heterocycles. The average molecular weight is 270 g/mol. The number of benzene rings is 2. The number of nitrogens with zero attached hydrogens (tertiary/aromatic N) is 1. The van der Waals surface area contributed by atoms with Crippen molar-refractivity contribution in [2.45, 2.75) is 31.2 Å². The Morgan fingerprint density at radius 3 is 2.50 bits per heavy atom. The Balaban J connectivity index is 1.99. The molecule has 1 unspecified atom stereocenters. The number of urea groups is 1. The molecule has 0 saturated heterocycles. The predicted molar refractivity (Wildman–Crippen MR) is 77.5 cm³/mol. The van der Waals surface area contributed by atoms with Crippen molar-refractivity contribution in [2.24, 2.45) is 5.73 Å². The largest absolute Gasteiger partial charge is 0.350 e. The zero-order chi connectivity index (χ0) is 14.3. The van der Waals surface area contributed by atoms with Crippen LogP contribution in [0, 0.1) is 0 Å². The fourth-order valence-electron chi connectivity index (χ4n) is 3.01. The molecule has 2 aromatic carbocycles. The average Bonchev–Trinajstić information content (AvgIpc) is 3.26. The van der Waals surface area contributed by atoms with E-state index in [0.29, 0.717) is 5.06 Å². The van der Waals surface area contributed by atoms with E-state index in [2.05, 4.69) is 30.3 Å². The third-order valence-electron chi connectivity index (χ3n) is 4.51. The molecule has 104 valence electrons. The molecular formula is C16H18N2O2. The second-order valence-corrected chi connectivity index (χ2v) is 5.58. The number of carbonyl (C=O) groups excluding carboxylic acids is 1. The van der Waals surface area contributed by atoms with E-state index in [4.69, 9.17) is 5.73 Å². The summed E-state index contributed by atoms with van der Waals surface area (Å²) in [6.45, 7) is 1.84. The minimum Gasteiger partial charge on any atom is -0.350 e. The van der Waals surface area contributed by atoms with E-state index >= 15 is 0 Å². The van der Waals surface area contributed by atoms with Gasteiger partial charge in [0.05, 0.1) is 6.04 Å². The van der Waals surface area contributed by atoms with E-state index in [-0.39, 0.29) is 11.5 Å². The minimum absolute atomic E-state index is 0.173. The molecule has 1 saturated carbocycles. The fourth-order valence-corrected chi connectivity index (χ4v) is 3.01. The van der Waals surface area contributed by atoms with Crippen LogP contribution in [0.3, 0.4) is 0 Å². The molecule has 0 bridgehead atoms. The summed E-state index contributed by atoms with van der Waals surface area (Å²) in [5.74, 6) is 0. The molecule has 1 aliphatic carbocycles. The molecule has 3 rings (SSSR count). The summed E-state index contributed by atoms with van der Waals surface area (Å²) < 4.78 is 0. The maximum Gasteiger partial charge on any atom is 0.338 e. The smallest absolute Gasteiger partial charge is 0.338 e. The zero-order valence-corrected chi connectivity index (χ0v) is 11.4. The van der Waals surface area contributed by atoms with Crippen LogP contribution in [0.4, 0.5) is 4.79 Å². The van der Waals surface area contributed by atoms with Gasteiger partial charge in [-0.05, 0) is 36.1 Å². The van der Waals surface area contributed by atoms with Gasteiger partial charge < -0.3 is 5.73 Å². The van der Waals surface area contributed by atoms with Gasteiger partial charge in [0.15, 0.2) is 0 Å². The third kappa shape index (κ3) is 1.93. The molecule has 0 heterocycles. The predicted octanol–water partition coefficient (Wildman–Crippen LogP) is 3.03. The van der Waals surface area contributed by atoms with Crippen LogP contribution >= 0.6 is 0 Å². The van der Waals surface area contributed by atoms with Crippen LogP contribution in [0.25, 0.3) is 10.8 Å². The molecule has 0 aliphatic heterocycles. The number of hydrogen-bond acceptors (Lipinski definition) is 2. The zero-order valence-electron chi connectivity index (χ0n) is 11.4. The van der Waals surface area contributed by atoms with Gasteiger partial charge in [0.25, 0.3) is 0 Å². The summed E-state index contributed by atoms with van der Waals surface area (Å²) >= 11 is 0. The first-order valence-electron chi connectivity index (χ1n) is 6.81. The van der Waals surface area contributed by atoms with Gasteiger partial charge in [-0.3, -0.25) is 5.21 Å². The Morgan fingerprint density at radius 1 is 1.25 bits per heavy atom. The highest BCUT2D eigenvalue weighted by Gasteiger charge is 2.51. The molecule has 2 amide bonds. The van der Waals surface area contributed by atoms with Crippen molar-refractivity contribution in [3.8, 4) is 0 Å². The molecule has 2 aromatic rings. The Bertz CT molecular complexity index is 664. The second kappa shape index (κ2) is 4.49. The van der Waals surface area contributed by atoms with Crippen LogP contribution in [0.2, 0.25) is 0 Å². The SMILES string of the molecule is CC(N(O)C(N)=O)C1(c2ccc3ccccc3c2)CC1. The number of primary amides is 1. The number of carbonyl (C=O) groups is 1. The third-order valence-corrected chi connectivity index (χ3v) is 4.51. The Kier molecular flexibility index (Phi) is 2.91. The highest BCUT2D eigenvalue weighted by Crippen LogP contribution is 2.52. The number of fused-ring (bicyclic) bond motifs is 1. The summed E-state index contributed by atoms with van der Waals surface area (Å²) in [6, 6.07) is 13.4. The maximum atomic E-state index is 11.2. The summed E-state index contributed by atoms with van der Waals surface area (Å²) in [7, 11) is 0. The van der Waals surface area contributed by atoms with Crippen molar-refractivity contribution in [3.05, 3.63) is 48.0 Å². The molecule has 1 fully saturated rings. The summed E-state index contributed by atoms with van der Waals surface area (Å²) in [6.07, 6.45) is 1.91. The lowest BCUT2D eigenvalue weighted by Gasteiger charge is -2.29. The molecule has 20 heavy (non-hydrogen) atoms. The molecule has 1 aliphatic rings. The van der Waals surface area contributed by atoms with E-state index in [9.17, 15) is 10.0 Å². The first-order valence-corrected chi connectivity index (χ1v) is 6.81. The number of nitrogens with two attached hydrogens (primary N) is 1. The number of amides is 2. The molecule has 4 nitrogen and oxygen atoms in total. The van der Waals surface area contributed by atoms with Crippen molar-refractivity contribution in [1.82, 2.24) is 5.06 Å². The monoisotopic (exact) mass is 270 g/mol. The molecule has 3 N–H and O–H groups in total. The maximum absolute atomic E-state index is 11.2. The van der Waals surface area contributed by atoms with Crippen LogP contribution in [-0.4, -0.2) is 22.3 Å². The van der Waals surface area contributed by atoms with Crippen LogP contribution in [0.1, 0.15) is 25.3 Å². The Hall–Kier alpha value is -2.07. The van der Waals surface area contributed by atoms with Crippen LogP contribution < -0.4 is 5.73 Å². The van der Waals surface area contributed by atoms with Gasteiger partial charge in [-0.25, -0.2) is 9.86 Å². The minimum atomic E-state index is -0.801. The lowest BCUT2D eigenvalue weighted by Crippen LogP contribution is -2.45. The van der Waals surface area contributed by atoms with Crippen molar-refractivity contribution in [3.63, 3.8) is 0 Å². The van der Waals surface area contributed by atoms with E-state index in [0.717, 1.165) is 18.4 Å². The molecule has 0 spiro atoms. The number of rotatable bonds is 3. The van der Waals surface area contributed by atoms with Crippen LogP contribution in [0.5, 0.6) is 0 Å². The first-order chi connectivity index (χ1) is 9.54. The first kappa shape index (κ1) is 12.9. The van der Waals surface area contributed by atoms with Crippen LogP contribution in [0.15, 0.2) is 42.5 Å². The van der Waals surface area contributed by atoms with Gasteiger partial charge in [-0.15, -0.1) is 0 Å². The Morgan fingerprint density at radius 2 is 1.90 bits per heavy atom. The van der Waals surface area contributed by atoms with Crippen molar-refractivity contribution >= 4 is 16.8 Å². The normalized spacial score (nSPS) is 17.7. The van der Waals surface area contributed by atoms with Gasteiger partial charge in [-0.2, -0.15) is 0 Å². The summed E-state index contributed by atoms with van der Waals surface area (Å²) in [5, 5.41) is 12.8. The van der Waals surface area contributed by atoms with Gasteiger partial charge in [0.1, 0.15) is 0 Å². The second-order valence-electron chi connectivity index (χ2n) is 5.58. The van der Waals surface area contributed by atoms with Crippen molar-refractivity contribution in [1.29, 1.82) is 0 Å². The van der Waals surface area contributed by atoms with E-state index < -0.39 is 6.03 Å². The molecule has 1 atom stereocenters. The van der Waals surface area contributed by atoms with Gasteiger partial charge in [0.2, 0.25) is 0 Å². The topological polar surface area (TPSA) is 66.6 Å². The van der Waals surface area contributed by atoms with Crippen LogP contribution in [-0.2, 0) is 5.41 Å². The lowest BCUT2D eigenvalue weighted by molar-refractivity contribution is -0.0802. The quantitative estimate of drug-likeness (QED) is 0.665. The van der Waals surface area contributed by atoms with Gasteiger partial charge in [0, 0.05) is 5.41 Å².